The highest BCUT2D eigenvalue weighted by molar-refractivity contribution is 6.16. The fraction of sp³-hybridized carbons (Fsp3) is 0.500. The summed E-state index contributed by atoms with van der Waals surface area (Å²) in [5.74, 6) is 0.787. The van der Waals surface area contributed by atoms with Crippen LogP contribution >= 0.6 is 11.6 Å². The molecule has 0 aliphatic heterocycles. The molecule has 2 aromatic rings. The van der Waals surface area contributed by atoms with Crippen molar-refractivity contribution >= 4 is 22.6 Å². The Labute approximate surface area is 117 Å². The lowest BCUT2D eigenvalue weighted by molar-refractivity contribution is 0.151. The maximum absolute atomic E-state index is 13.3. The van der Waals surface area contributed by atoms with Gasteiger partial charge in [-0.05, 0) is 18.6 Å². The molecule has 0 bridgehead atoms. The Morgan fingerprint density at radius 3 is 2.89 bits per heavy atom. The normalized spacial score (nSPS) is 13.1. The number of halogens is 2. The van der Waals surface area contributed by atoms with Gasteiger partial charge in [0.1, 0.15) is 11.6 Å². The molecule has 3 nitrogen and oxygen atoms in total. The van der Waals surface area contributed by atoms with Gasteiger partial charge in [-0.3, -0.25) is 0 Å². The quantitative estimate of drug-likeness (QED) is 0.752. The SMILES string of the molecule is CCCC(COC)n1c(CCl)nc2cc(F)ccc21. The first-order valence-corrected chi connectivity index (χ1v) is 6.96. The molecule has 1 unspecified atom stereocenters. The zero-order valence-corrected chi connectivity index (χ0v) is 12.0. The van der Waals surface area contributed by atoms with Gasteiger partial charge in [-0.1, -0.05) is 13.3 Å². The minimum Gasteiger partial charge on any atom is -0.383 e. The monoisotopic (exact) mass is 284 g/mol. The Kier molecular flexibility index (Phi) is 4.77. The number of hydrogen-bond donors (Lipinski definition) is 0. The topological polar surface area (TPSA) is 27.1 Å². The molecule has 1 aromatic heterocycles. The fourth-order valence-corrected chi connectivity index (χ4v) is 2.62. The fourth-order valence-electron chi connectivity index (χ4n) is 2.44. The molecule has 0 N–H and O–H groups in total. The molecule has 1 heterocycles. The van der Waals surface area contributed by atoms with E-state index in [4.69, 9.17) is 16.3 Å². The average molecular weight is 285 g/mol. The van der Waals surface area contributed by atoms with Gasteiger partial charge in [-0.15, -0.1) is 11.6 Å². The Balaban J connectivity index is 2.54. The lowest BCUT2D eigenvalue weighted by Crippen LogP contribution is -2.16. The summed E-state index contributed by atoms with van der Waals surface area (Å²) in [6.07, 6.45) is 2.01. The van der Waals surface area contributed by atoms with Crippen molar-refractivity contribution in [2.45, 2.75) is 31.7 Å². The van der Waals surface area contributed by atoms with Crippen LogP contribution in [0.4, 0.5) is 4.39 Å². The van der Waals surface area contributed by atoms with Crippen molar-refractivity contribution in [2.24, 2.45) is 0 Å². The van der Waals surface area contributed by atoms with E-state index in [-0.39, 0.29) is 11.9 Å². The van der Waals surface area contributed by atoms with Crippen LogP contribution in [0.15, 0.2) is 18.2 Å². The van der Waals surface area contributed by atoms with Gasteiger partial charge >= 0.3 is 0 Å². The Hall–Kier alpha value is -1.13. The third-order valence-corrected chi connectivity index (χ3v) is 3.43. The number of benzene rings is 1. The number of hydrogen-bond acceptors (Lipinski definition) is 2. The maximum Gasteiger partial charge on any atom is 0.125 e. The molecule has 0 saturated heterocycles. The molecule has 1 atom stereocenters. The standard InChI is InChI=1S/C14H18ClFN2O/c1-3-4-11(9-19-2)18-13-6-5-10(16)7-12(13)17-14(18)8-15/h5-7,11H,3-4,8-9H2,1-2H3. The predicted octanol–water partition coefficient (Wildman–Crippen LogP) is 3.90. The molecule has 19 heavy (non-hydrogen) atoms. The minimum absolute atomic E-state index is 0.180. The molecule has 0 radical (unpaired) electrons. The predicted molar refractivity (Wildman–Crippen MR) is 75.1 cm³/mol. The van der Waals surface area contributed by atoms with Crippen LogP contribution in [0.3, 0.4) is 0 Å². The van der Waals surface area contributed by atoms with Crippen molar-refractivity contribution in [1.29, 1.82) is 0 Å². The van der Waals surface area contributed by atoms with E-state index in [0.717, 1.165) is 24.2 Å². The summed E-state index contributed by atoms with van der Waals surface area (Å²) in [7, 11) is 1.68. The lowest BCUT2D eigenvalue weighted by atomic mass is 10.1. The third kappa shape index (κ3) is 2.90. The van der Waals surface area contributed by atoms with Crippen LogP contribution in [-0.2, 0) is 10.6 Å². The highest BCUT2D eigenvalue weighted by atomic mass is 35.5. The van der Waals surface area contributed by atoms with E-state index >= 15 is 0 Å². The summed E-state index contributed by atoms with van der Waals surface area (Å²) in [5, 5.41) is 0. The first-order chi connectivity index (χ1) is 9.21. The number of rotatable bonds is 6. The number of methoxy groups -OCH3 is 1. The van der Waals surface area contributed by atoms with Crippen molar-refractivity contribution in [3.63, 3.8) is 0 Å². The largest absolute Gasteiger partial charge is 0.383 e. The summed E-state index contributed by atoms with van der Waals surface area (Å²) in [5.41, 5.74) is 1.56. The van der Waals surface area contributed by atoms with Crippen LogP contribution in [-0.4, -0.2) is 23.3 Å². The molecular weight excluding hydrogens is 267 g/mol. The van der Waals surface area contributed by atoms with Crippen LogP contribution in [0.2, 0.25) is 0 Å². The second-order valence-electron chi connectivity index (χ2n) is 4.56. The van der Waals surface area contributed by atoms with Gasteiger partial charge in [0.05, 0.1) is 29.6 Å². The number of ether oxygens (including phenoxy) is 1. The van der Waals surface area contributed by atoms with E-state index in [2.05, 4.69) is 16.5 Å². The molecule has 0 saturated carbocycles. The van der Waals surface area contributed by atoms with E-state index in [0.29, 0.717) is 18.0 Å². The second kappa shape index (κ2) is 6.35. The van der Waals surface area contributed by atoms with Gasteiger partial charge in [0, 0.05) is 13.2 Å². The first-order valence-electron chi connectivity index (χ1n) is 6.42. The number of nitrogens with zero attached hydrogens (tertiary/aromatic N) is 2. The average Bonchev–Trinajstić information content (AvgIpc) is 2.75. The smallest absolute Gasteiger partial charge is 0.125 e. The van der Waals surface area contributed by atoms with Gasteiger partial charge in [-0.25, -0.2) is 9.37 Å². The summed E-state index contributed by atoms with van der Waals surface area (Å²) in [4.78, 5) is 4.41. The van der Waals surface area contributed by atoms with E-state index in [1.165, 1.54) is 12.1 Å². The zero-order chi connectivity index (χ0) is 13.8. The van der Waals surface area contributed by atoms with Gasteiger partial charge < -0.3 is 9.30 Å². The first kappa shape index (κ1) is 14.3. The van der Waals surface area contributed by atoms with Gasteiger partial charge in [0.25, 0.3) is 0 Å². The van der Waals surface area contributed by atoms with Crippen molar-refractivity contribution in [3.8, 4) is 0 Å². The number of fused-ring (bicyclic) bond motifs is 1. The lowest BCUT2D eigenvalue weighted by Gasteiger charge is -2.20. The molecule has 0 spiro atoms. The van der Waals surface area contributed by atoms with Crippen LogP contribution in [0, 0.1) is 5.82 Å². The summed E-state index contributed by atoms with van der Waals surface area (Å²) in [6.45, 7) is 2.72. The maximum atomic E-state index is 13.3. The Bertz CT molecular complexity index is 550. The van der Waals surface area contributed by atoms with Crippen molar-refractivity contribution in [1.82, 2.24) is 9.55 Å². The molecule has 0 aliphatic carbocycles. The molecule has 2 rings (SSSR count). The van der Waals surface area contributed by atoms with E-state index in [1.54, 1.807) is 13.2 Å². The second-order valence-corrected chi connectivity index (χ2v) is 4.83. The van der Waals surface area contributed by atoms with E-state index < -0.39 is 0 Å². The van der Waals surface area contributed by atoms with Crippen LogP contribution in [0.1, 0.15) is 31.6 Å². The van der Waals surface area contributed by atoms with E-state index in [1.807, 2.05) is 0 Å². The van der Waals surface area contributed by atoms with Crippen molar-refractivity contribution in [2.75, 3.05) is 13.7 Å². The number of imidazole rings is 1. The van der Waals surface area contributed by atoms with Crippen molar-refractivity contribution < 1.29 is 9.13 Å². The highest BCUT2D eigenvalue weighted by Crippen LogP contribution is 2.26. The molecular formula is C14H18ClFN2O. The summed E-state index contributed by atoms with van der Waals surface area (Å²) >= 11 is 5.97. The van der Waals surface area contributed by atoms with Gasteiger partial charge in [0.2, 0.25) is 0 Å². The summed E-state index contributed by atoms with van der Waals surface area (Å²) in [6, 6.07) is 4.83. The molecule has 0 fully saturated rings. The molecule has 104 valence electrons. The Morgan fingerprint density at radius 2 is 2.26 bits per heavy atom. The molecule has 5 heteroatoms. The minimum atomic E-state index is -0.281. The van der Waals surface area contributed by atoms with Gasteiger partial charge in [-0.2, -0.15) is 0 Å². The van der Waals surface area contributed by atoms with E-state index in [9.17, 15) is 4.39 Å². The highest BCUT2D eigenvalue weighted by Gasteiger charge is 2.18. The molecule has 0 amide bonds. The zero-order valence-electron chi connectivity index (χ0n) is 11.2. The van der Waals surface area contributed by atoms with Crippen LogP contribution < -0.4 is 0 Å². The van der Waals surface area contributed by atoms with Gasteiger partial charge in [0.15, 0.2) is 0 Å². The molecule has 1 aromatic carbocycles. The van der Waals surface area contributed by atoms with Crippen LogP contribution in [0.5, 0.6) is 0 Å². The van der Waals surface area contributed by atoms with Crippen molar-refractivity contribution in [3.05, 3.63) is 29.8 Å². The van der Waals surface area contributed by atoms with Crippen LogP contribution in [0.25, 0.3) is 11.0 Å². The summed E-state index contributed by atoms with van der Waals surface area (Å²) < 4.78 is 20.6. The number of alkyl halides is 1. The Morgan fingerprint density at radius 1 is 1.47 bits per heavy atom. The molecule has 0 aliphatic rings. The third-order valence-electron chi connectivity index (χ3n) is 3.19. The number of aromatic nitrogens is 2.